The van der Waals surface area contributed by atoms with E-state index < -0.39 is 5.97 Å². The molecule has 0 bridgehead atoms. The zero-order valence-corrected chi connectivity index (χ0v) is 16.3. The third kappa shape index (κ3) is 3.66. The predicted octanol–water partition coefficient (Wildman–Crippen LogP) is 2.17. The van der Waals surface area contributed by atoms with Gasteiger partial charge < -0.3 is 10.1 Å². The lowest BCUT2D eigenvalue weighted by atomic mass is 10.1. The van der Waals surface area contributed by atoms with Crippen molar-refractivity contribution in [2.24, 2.45) is 7.05 Å². The van der Waals surface area contributed by atoms with E-state index in [0.717, 1.165) is 16.6 Å². The molecule has 1 N–H and O–H groups in total. The van der Waals surface area contributed by atoms with E-state index in [1.807, 2.05) is 13.8 Å². The first kappa shape index (κ1) is 19.3. The van der Waals surface area contributed by atoms with Crippen LogP contribution in [0.2, 0.25) is 0 Å². The fourth-order valence-electron chi connectivity index (χ4n) is 3.26. The number of hydrogen-bond donors (Lipinski definition) is 1. The van der Waals surface area contributed by atoms with Gasteiger partial charge in [0.05, 0.1) is 17.9 Å². The van der Waals surface area contributed by atoms with Crippen molar-refractivity contribution in [2.45, 2.75) is 27.3 Å². The zero-order valence-electron chi connectivity index (χ0n) is 16.3. The highest BCUT2D eigenvalue weighted by atomic mass is 16.5. The molecule has 0 aliphatic heterocycles. The van der Waals surface area contributed by atoms with E-state index in [4.69, 9.17) is 4.74 Å². The van der Waals surface area contributed by atoms with Crippen molar-refractivity contribution in [3.05, 3.63) is 57.5 Å². The van der Waals surface area contributed by atoms with Crippen LogP contribution in [0.4, 0.5) is 5.69 Å². The normalized spacial score (nSPS) is 10.9. The predicted molar refractivity (Wildman–Crippen MR) is 105 cm³/mol. The minimum absolute atomic E-state index is 0.145. The summed E-state index contributed by atoms with van der Waals surface area (Å²) in [6.45, 7) is 5.61. The van der Waals surface area contributed by atoms with Crippen LogP contribution in [0.5, 0.6) is 0 Å². The maximum atomic E-state index is 12.5. The monoisotopic (exact) mass is 382 g/mol. The Hall–Kier alpha value is -3.42. The summed E-state index contributed by atoms with van der Waals surface area (Å²) in [5, 5.41) is 7.98. The number of nitrogens with one attached hydrogen (secondary N) is 1. The average molecular weight is 382 g/mol. The van der Waals surface area contributed by atoms with Crippen molar-refractivity contribution in [3.63, 3.8) is 0 Å². The van der Waals surface area contributed by atoms with Gasteiger partial charge in [-0.05, 0) is 50.6 Å². The molecule has 146 valence electrons. The molecule has 2 heterocycles. The largest absolute Gasteiger partial charge is 0.462 e. The van der Waals surface area contributed by atoms with E-state index in [1.165, 1.54) is 10.6 Å². The number of rotatable bonds is 5. The molecule has 1 aromatic carbocycles. The van der Waals surface area contributed by atoms with E-state index in [2.05, 4.69) is 10.4 Å². The summed E-state index contributed by atoms with van der Waals surface area (Å²) in [5.74, 6) is -0.768. The van der Waals surface area contributed by atoms with Gasteiger partial charge in [-0.15, -0.1) is 0 Å². The average Bonchev–Trinajstić information content (AvgIpc) is 2.94. The molecule has 0 radical (unpaired) electrons. The second-order valence-corrected chi connectivity index (χ2v) is 6.51. The first-order valence-corrected chi connectivity index (χ1v) is 8.92. The van der Waals surface area contributed by atoms with Gasteiger partial charge in [0.25, 0.3) is 5.56 Å². The highest BCUT2D eigenvalue weighted by molar-refractivity contribution is 5.93. The van der Waals surface area contributed by atoms with Crippen molar-refractivity contribution in [1.82, 2.24) is 14.3 Å². The van der Waals surface area contributed by atoms with Gasteiger partial charge in [0, 0.05) is 24.2 Å². The van der Waals surface area contributed by atoms with Crippen LogP contribution < -0.4 is 10.9 Å². The lowest BCUT2D eigenvalue weighted by Gasteiger charge is -2.11. The molecule has 3 rings (SSSR count). The van der Waals surface area contributed by atoms with E-state index in [1.54, 1.807) is 42.9 Å². The van der Waals surface area contributed by atoms with E-state index in [0.29, 0.717) is 23.5 Å². The molecule has 0 unspecified atom stereocenters. The Morgan fingerprint density at radius 2 is 1.86 bits per heavy atom. The topological polar surface area (TPSA) is 95.2 Å². The number of aromatic nitrogens is 3. The Morgan fingerprint density at radius 3 is 2.50 bits per heavy atom. The fourth-order valence-corrected chi connectivity index (χ4v) is 3.26. The Balaban J connectivity index is 1.82. The van der Waals surface area contributed by atoms with Crippen LogP contribution in [0.1, 0.15) is 28.5 Å². The number of amides is 1. The number of ether oxygens (including phenoxy) is 1. The Morgan fingerprint density at radius 1 is 1.18 bits per heavy atom. The number of esters is 1. The molecule has 8 nitrogen and oxygen atoms in total. The number of anilines is 1. The van der Waals surface area contributed by atoms with Gasteiger partial charge in [0.2, 0.25) is 5.91 Å². The van der Waals surface area contributed by atoms with Crippen LogP contribution in [-0.2, 0) is 23.1 Å². The summed E-state index contributed by atoms with van der Waals surface area (Å²) in [4.78, 5) is 36.7. The van der Waals surface area contributed by atoms with Crippen LogP contribution in [0.3, 0.4) is 0 Å². The van der Waals surface area contributed by atoms with Crippen LogP contribution in [0.25, 0.3) is 11.0 Å². The number of pyridine rings is 1. The second kappa shape index (κ2) is 7.67. The SMILES string of the molecule is CCOC(=O)c1ccc(NC(=O)Cn2c(=O)cc(C)c3c(C)nn(C)c32)cc1. The summed E-state index contributed by atoms with van der Waals surface area (Å²) in [5.41, 5.74) is 2.91. The third-order valence-corrected chi connectivity index (χ3v) is 4.43. The summed E-state index contributed by atoms with van der Waals surface area (Å²) in [6, 6.07) is 7.90. The molecule has 2 aromatic heterocycles. The summed E-state index contributed by atoms with van der Waals surface area (Å²) in [7, 11) is 1.75. The third-order valence-electron chi connectivity index (χ3n) is 4.43. The van der Waals surface area contributed by atoms with Crippen molar-refractivity contribution >= 4 is 28.6 Å². The van der Waals surface area contributed by atoms with Crippen molar-refractivity contribution in [2.75, 3.05) is 11.9 Å². The molecule has 3 aromatic rings. The molecule has 0 atom stereocenters. The van der Waals surface area contributed by atoms with Gasteiger partial charge in [-0.2, -0.15) is 5.10 Å². The highest BCUT2D eigenvalue weighted by Crippen LogP contribution is 2.20. The molecule has 0 saturated heterocycles. The molecule has 28 heavy (non-hydrogen) atoms. The molecule has 8 heteroatoms. The molecule has 0 spiro atoms. The lowest BCUT2D eigenvalue weighted by Crippen LogP contribution is -2.28. The van der Waals surface area contributed by atoms with Crippen LogP contribution in [0, 0.1) is 13.8 Å². The first-order valence-electron chi connectivity index (χ1n) is 8.92. The minimum Gasteiger partial charge on any atom is -0.462 e. The van der Waals surface area contributed by atoms with Crippen LogP contribution in [0.15, 0.2) is 35.1 Å². The van der Waals surface area contributed by atoms with Crippen LogP contribution >= 0.6 is 0 Å². The molecular formula is C20H22N4O4. The highest BCUT2D eigenvalue weighted by Gasteiger charge is 2.16. The Labute approximate surface area is 161 Å². The summed E-state index contributed by atoms with van der Waals surface area (Å²) in [6.07, 6.45) is 0. The molecule has 0 aliphatic carbocycles. The van der Waals surface area contributed by atoms with E-state index in [-0.39, 0.29) is 18.0 Å². The van der Waals surface area contributed by atoms with Gasteiger partial charge in [-0.3, -0.25) is 18.8 Å². The minimum atomic E-state index is -0.416. The smallest absolute Gasteiger partial charge is 0.338 e. The number of nitrogens with zero attached hydrogens (tertiary/aromatic N) is 3. The number of carbonyl (C=O) groups is 2. The van der Waals surface area contributed by atoms with Crippen molar-refractivity contribution < 1.29 is 14.3 Å². The number of hydrogen-bond acceptors (Lipinski definition) is 5. The van der Waals surface area contributed by atoms with Gasteiger partial charge in [0.1, 0.15) is 12.2 Å². The lowest BCUT2D eigenvalue weighted by molar-refractivity contribution is -0.116. The summed E-state index contributed by atoms with van der Waals surface area (Å²) < 4.78 is 7.95. The maximum Gasteiger partial charge on any atom is 0.338 e. The number of benzene rings is 1. The zero-order chi connectivity index (χ0) is 20.4. The number of fused-ring (bicyclic) bond motifs is 1. The standard InChI is InChI=1S/C20H22N4O4/c1-5-28-20(27)14-6-8-15(9-7-14)21-16(25)11-24-17(26)10-12(2)18-13(3)22-23(4)19(18)24/h6-10H,5,11H2,1-4H3,(H,21,25). The first-order chi connectivity index (χ1) is 13.3. The van der Waals surface area contributed by atoms with Crippen molar-refractivity contribution in [3.8, 4) is 0 Å². The van der Waals surface area contributed by atoms with Gasteiger partial charge >= 0.3 is 5.97 Å². The Bertz CT molecular complexity index is 1110. The summed E-state index contributed by atoms with van der Waals surface area (Å²) >= 11 is 0. The van der Waals surface area contributed by atoms with E-state index >= 15 is 0 Å². The maximum absolute atomic E-state index is 12.5. The Kier molecular flexibility index (Phi) is 5.30. The molecule has 1 amide bonds. The van der Waals surface area contributed by atoms with E-state index in [9.17, 15) is 14.4 Å². The van der Waals surface area contributed by atoms with Crippen molar-refractivity contribution in [1.29, 1.82) is 0 Å². The number of carbonyl (C=O) groups excluding carboxylic acids is 2. The molecular weight excluding hydrogens is 360 g/mol. The molecule has 0 fully saturated rings. The van der Waals surface area contributed by atoms with Gasteiger partial charge in [-0.1, -0.05) is 0 Å². The van der Waals surface area contributed by atoms with Gasteiger partial charge in [-0.25, -0.2) is 4.79 Å². The second-order valence-electron chi connectivity index (χ2n) is 6.51. The quantitative estimate of drug-likeness (QED) is 0.683. The number of aryl methyl sites for hydroxylation is 3. The molecule has 0 aliphatic rings. The molecule has 0 saturated carbocycles. The fraction of sp³-hybridized carbons (Fsp3) is 0.300. The van der Waals surface area contributed by atoms with Gasteiger partial charge in [0.15, 0.2) is 0 Å². The van der Waals surface area contributed by atoms with Crippen LogP contribution in [-0.4, -0.2) is 32.8 Å².